The average molecular weight is 163 g/mol. The fourth-order valence-electron chi connectivity index (χ4n) is 0.439. The van der Waals surface area contributed by atoms with E-state index in [2.05, 4.69) is 22.2 Å². The largest absolute Gasteiger partial charge is 0.323 e. The highest BCUT2D eigenvalue weighted by Crippen LogP contribution is 1.94. The monoisotopic (exact) mass is 162 g/mol. The normalized spacial score (nSPS) is 9.44. The van der Waals surface area contributed by atoms with Crippen molar-refractivity contribution in [2.75, 3.05) is 0 Å². The van der Waals surface area contributed by atoms with Crippen LogP contribution in [0.25, 0.3) is 0 Å². The SMILES string of the molecule is O=c1cc(Cl)[nH]c(=S)[nH]1. The predicted molar refractivity (Wildman–Crippen MR) is 37.3 cm³/mol. The Morgan fingerprint density at radius 2 is 2.22 bits per heavy atom. The number of aromatic nitrogens is 2. The highest BCUT2D eigenvalue weighted by molar-refractivity contribution is 7.71. The maximum Gasteiger partial charge on any atom is 0.253 e. The maximum atomic E-state index is 10.5. The fraction of sp³-hybridized carbons (Fsp3) is 0. The molecule has 0 saturated carbocycles. The van der Waals surface area contributed by atoms with Crippen molar-refractivity contribution in [1.82, 2.24) is 9.97 Å². The quantitative estimate of drug-likeness (QED) is 0.443. The molecule has 5 heteroatoms. The van der Waals surface area contributed by atoms with E-state index in [0.29, 0.717) is 0 Å². The Labute approximate surface area is 60.7 Å². The van der Waals surface area contributed by atoms with E-state index in [4.69, 9.17) is 11.6 Å². The Hall–Kier alpha value is -0.610. The minimum atomic E-state index is -0.288. The van der Waals surface area contributed by atoms with Crippen molar-refractivity contribution in [2.24, 2.45) is 0 Å². The Morgan fingerprint density at radius 1 is 1.56 bits per heavy atom. The van der Waals surface area contributed by atoms with E-state index >= 15 is 0 Å². The van der Waals surface area contributed by atoms with Crippen LogP contribution >= 0.6 is 23.8 Å². The van der Waals surface area contributed by atoms with E-state index < -0.39 is 0 Å². The molecule has 0 fully saturated rings. The summed E-state index contributed by atoms with van der Waals surface area (Å²) in [6.07, 6.45) is 0. The third-order valence-corrected chi connectivity index (χ3v) is 1.14. The number of H-pyrrole nitrogens is 2. The van der Waals surface area contributed by atoms with Crippen LogP contribution in [0, 0.1) is 4.77 Å². The molecule has 1 heterocycles. The molecule has 1 aromatic heterocycles. The molecule has 48 valence electrons. The summed E-state index contributed by atoms with van der Waals surface area (Å²) >= 11 is 10.00. The second kappa shape index (κ2) is 2.33. The molecule has 0 atom stereocenters. The van der Waals surface area contributed by atoms with Crippen LogP contribution in [-0.4, -0.2) is 9.97 Å². The first-order valence-corrected chi connectivity index (χ1v) is 2.96. The highest BCUT2D eigenvalue weighted by atomic mass is 35.5. The molecule has 0 aliphatic heterocycles. The van der Waals surface area contributed by atoms with Crippen LogP contribution < -0.4 is 5.56 Å². The third-order valence-electron chi connectivity index (χ3n) is 0.727. The van der Waals surface area contributed by atoms with Crippen LogP contribution in [0.3, 0.4) is 0 Å². The van der Waals surface area contributed by atoms with Gasteiger partial charge in [0.1, 0.15) is 5.15 Å². The van der Waals surface area contributed by atoms with E-state index in [-0.39, 0.29) is 15.5 Å². The average Bonchev–Trinajstić information content (AvgIpc) is 1.59. The van der Waals surface area contributed by atoms with Gasteiger partial charge in [-0.1, -0.05) is 11.6 Å². The Morgan fingerprint density at radius 3 is 2.67 bits per heavy atom. The molecule has 0 radical (unpaired) electrons. The Bertz CT molecular complexity index is 287. The number of halogens is 1. The zero-order chi connectivity index (χ0) is 6.85. The second-order valence-electron chi connectivity index (χ2n) is 1.44. The lowest BCUT2D eigenvalue weighted by atomic mass is 10.7. The van der Waals surface area contributed by atoms with Gasteiger partial charge in [-0.2, -0.15) is 0 Å². The maximum absolute atomic E-state index is 10.5. The van der Waals surface area contributed by atoms with E-state index in [1.54, 1.807) is 0 Å². The molecule has 0 aliphatic carbocycles. The van der Waals surface area contributed by atoms with Crippen LogP contribution in [0.1, 0.15) is 0 Å². The van der Waals surface area contributed by atoms with Gasteiger partial charge in [-0.25, -0.2) is 0 Å². The zero-order valence-electron chi connectivity index (χ0n) is 4.27. The first kappa shape index (κ1) is 6.51. The van der Waals surface area contributed by atoms with Gasteiger partial charge < -0.3 is 4.98 Å². The minimum Gasteiger partial charge on any atom is -0.323 e. The Kier molecular flexibility index (Phi) is 1.68. The number of hydrogen-bond acceptors (Lipinski definition) is 2. The van der Waals surface area contributed by atoms with Crippen molar-refractivity contribution < 1.29 is 0 Å². The topological polar surface area (TPSA) is 48.6 Å². The number of rotatable bonds is 0. The lowest BCUT2D eigenvalue weighted by Gasteiger charge is -1.85. The van der Waals surface area contributed by atoms with Crippen molar-refractivity contribution >= 4 is 23.8 Å². The summed E-state index contributed by atoms with van der Waals surface area (Å²) in [5, 5.41) is 0.253. The standard InChI is InChI=1S/C4H3ClN2OS/c5-2-1-3(8)7-4(9)6-2/h1H,(H2,6,7,8,9). The summed E-state index contributed by atoms with van der Waals surface area (Å²) in [6, 6.07) is 1.22. The summed E-state index contributed by atoms with van der Waals surface area (Å²) in [4.78, 5) is 15.4. The van der Waals surface area contributed by atoms with Crippen LogP contribution in [0.15, 0.2) is 10.9 Å². The highest BCUT2D eigenvalue weighted by Gasteiger charge is 1.86. The van der Waals surface area contributed by atoms with E-state index in [1.807, 2.05) is 0 Å². The van der Waals surface area contributed by atoms with Gasteiger partial charge in [0.2, 0.25) is 0 Å². The van der Waals surface area contributed by atoms with Crippen LogP contribution in [-0.2, 0) is 0 Å². The number of hydrogen-bond donors (Lipinski definition) is 2. The molecule has 0 amide bonds. The van der Waals surface area contributed by atoms with Gasteiger partial charge in [0.05, 0.1) is 0 Å². The molecule has 1 rings (SSSR count). The van der Waals surface area contributed by atoms with E-state index in [0.717, 1.165) is 0 Å². The van der Waals surface area contributed by atoms with Crippen molar-refractivity contribution in [2.45, 2.75) is 0 Å². The van der Waals surface area contributed by atoms with Crippen molar-refractivity contribution in [3.63, 3.8) is 0 Å². The summed E-state index contributed by atoms with van der Waals surface area (Å²) in [5.41, 5.74) is -0.288. The zero-order valence-corrected chi connectivity index (χ0v) is 5.84. The molecule has 2 N–H and O–H groups in total. The van der Waals surface area contributed by atoms with Crippen molar-refractivity contribution in [3.8, 4) is 0 Å². The van der Waals surface area contributed by atoms with Crippen LogP contribution in [0.4, 0.5) is 0 Å². The van der Waals surface area contributed by atoms with Gasteiger partial charge in [-0.05, 0) is 12.2 Å². The molecule has 0 spiro atoms. The van der Waals surface area contributed by atoms with Crippen molar-refractivity contribution in [1.29, 1.82) is 0 Å². The first-order chi connectivity index (χ1) is 4.18. The minimum absolute atomic E-state index is 0.243. The van der Waals surface area contributed by atoms with Crippen molar-refractivity contribution in [3.05, 3.63) is 26.3 Å². The first-order valence-electron chi connectivity index (χ1n) is 2.17. The lowest BCUT2D eigenvalue weighted by Crippen LogP contribution is -2.04. The van der Waals surface area contributed by atoms with Gasteiger partial charge in [0, 0.05) is 6.07 Å². The van der Waals surface area contributed by atoms with Gasteiger partial charge >= 0.3 is 0 Å². The summed E-state index contributed by atoms with van der Waals surface area (Å²) in [6.45, 7) is 0. The number of nitrogens with one attached hydrogen (secondary N) is 2. The van der Waals surface area contributed by atoms with Gasteiger partial charge in [0.15, 0.2) is 4.77 Å². The van der Waals surface area contributed by atoms with Crippen LogP contribution in [0.5, 0.6) is 0 Å². The summed E-state index contributed by atoms with van der Waals surface area (Å²) in [7, 11) is 0. The molecule has 0 bridgehead atoms. The molecule has 0 aromatic carbocycles. The molecular formula is C4H3ClN2OS. The number of aromatic amines is 2. The fourth-order valence-corrected chi connectivity index (χ4v) is 0.899. The van der Waals surface area contributed by atoms with Gasteiger partial charge in [-0.15, -0.1) is 0 Å². The smallest absolute Gasteiger partial charge is 0.253 e. The molecule has 3 nitrogen and oxygen atoms in total. The Balaban J connectivity index is 3.52. The van der Waals surface area contributed by atoms with Gasteiger partial charge in [0.25, 0.3) is 5.56 Å². The van der Waals surface area contributed by atoms with Crippen LogP contribution in [0.2, 0.25) is 5.15 Å². The molecule has 1 aromatic rings. The lowest BCUT2D eigenvalue weighted by molar-refractivity contribution is 1.09. The molecule has 0 unspecified atom stereocenters. The second-order valence-corrected chi connectivity index (χ2v) is 2.25. The predicted octanol–water partition coefficient (Wildman–Crippen LogP) is 1.09. The summed E-state index contributed by atoms with van der Waals surface area (Å²) < 4.78 is 0.243. The molecule has 0 saturated heterocycles. The third kappa shape index (κ3) is 1.65. The molecular weight excluding hydrogens is 160 g/mol. The molecule has 9 heavy (non-hydrogen) atoms. The molecule has 0 aliphatic rings. The van der Waals surface area contributed by atoms with E-state index in [9.17, 15) is 4.79 Å². The summed E-state index contributed by atoms with van der Waals surface area (Å²) in [5.74, 6) is 0. The van der Waals surface area contributed by atoms with Gasteiger partial charge in [-0.3, -0.25) is 9.78 Å². The van der Waals surface area contributed by atoms with E-state index in [1.165, 1.54) is 6.07 Å².